The summed E-state index contributed by atoms with van der Waals surface area (Å²) >= 11 is 0. The Labute approximate surface area is 116 Å². The van der Waals surface area contributed by atoms with Crippen molar-refractivity contribution in [2.45, 2.75) is 11.3 Å². The topological polar surface area (TPSA) is 116 Å². The second kappa shape index (κ2) is 7.59. The van der Waals surface area contributed by atoms with E-state index in [-0.39, 0.29) is 36.6 Å². The third kappa shape index (κ3) is 4.62. The minimum Gasteiger partial charge on any atom is -0.460 e. The predicted octanol–water partition coefficient (Wildman–Crippen LogP) is 0.0277. The van der Waals surface area contributed by atoms with Gasteiger partial charge in [0.15, 0.2) is 0 Å². The van der Waals surface area contributed by atoms with Crippen molar-refractivity contribution in [2.24, 2.45) is 0 Å². The number of ether oxygens (including phenoxy) is 1. The molecule has 0 aliphatic heterocycles. The van der Waals surface area contributed by atoms with E-state index in [9.17, 15) is 13.2 Å². The normalized spacial score (nSPS) is 10.8. The number of benzene rings is 1. The van der Waals surface area contributed by atoms with Gasteiger partial charge in [0.1, 0.15) is 6.61 Å². The van der Waals surface area contributed by atoms with E-state index in [2.05, 4.69) is 4.72 Å². The molecule has 0 bridgehead atoms. The van der Waals surface area contributed by atoms with Gasteiger partial charge in [-0.05, 0) is 24.3 Å². The maximum atomic E-state index is 11.8. The molecule has 0 atom stereocenters. The van der Waals surface area contributed by atoms with Crippen molar-refractivity contribution < 1.29 is 23.1 Å². The Hall–Kier alpha value is -1.95. The highest BCUT2D eigenvalue weighted by Gasteiger charge is 2.14. The first-order chi connectivity index (χ1) is 9.51. The molecule has 2 N–H and O–H groups in total. The van der Waals surface area contributed by atoms with Crippen LogP contribution in [-0.4, -0.2) is 39.3 Å². The predicted molar refractivity (Wildman–Crippen MR) is 69.2 cm³/mol. The Kier molecular flexibility index (Phi) is 6.11. The van der Waals surface area contributed by atoms with Crippen LogP contribution in [0.3, 0.4) is 0 Å². The first kappa shape index (κ1) is 16.1. The SMILES string of the molecule is N#CCCNS(=O)(=O)c1ccc(C(=O)OCCO)cc1. The molecule has 7 nitrogen and oxygen atoms in total. The molecule has 1 rings (SSSR count). The van der Waals surface area contributed by atoms with Gasteiger partial charge in [-0.3, -0.25) is 0 Å². The van der Waals surface area contributed by atoms with E-state index in [0.717, 1.165) is 0 Å². The summed E-state index contributed by atoms with van der Waals surface area (Å²) in [6, 6.07) is 7.00. The molecule has 0 fully saturated rings. The van der Waals surface area contributed by atoms with Gasteiger partial charge in [0.25, 0.3) is 0 Å². The lowest BCUT2D eigenvalue weighted by Gasteiger charge is -2.06. The average molecular weight is 298 g/mol. The van der Waals surface area contributed by atoms with Gasteiger partial charge in [0, 0.05) is 13.0 Å². The summed E-state index contributed by atoms with van der Waals surface area (Å²) < 4.78 is 30.5. The van der Waals surface area contributed by atoms with Gasteiger partial charge in [-0.1, -0.05) is 0 Å². The molecule has 0 spiro atoms. The highest BCUT2D eigenvalue weighted by molar-refractivity contribution is 7.89. The second-order valence-electron chi connectivity index (χ2n) is 3.69. The van der Waals surface area contributed by atoms with Crippen molar-refractivity contribution in [1.82, 2.24) is 4.72 Å². The molecule has 0 saturated carbocycles. The number of hydrogen-bond donors (Lipinski definition) is 2. The van der Waals surface area contributed by atoms with Crippen LogP contribution in [0, 0.1) is 11.3 Å². The number of rotatable bonds is 7. The molecule has 108 valence electrons. The molecule has 0 heterocycles. The summed E-state index contributed by atoms with van der Waals surface area (Å²) in [5.41, 5.74) is 0.189. The molecule has 0 saturated heterocycles. The number of esters is 1. The van der Waals surface area contributed by atoms with Crippen molar-refractivity contribution in [1.29, 1.82) is 5.26 Å². The number of nitriles is 1. The van der Waals surface area contributed by atoms with E-state index in [1.165, 1.54) is 24.3 Å². The molecular formula is C12H14N2O5S. The van der Waals surface area contributed by atoms with Crippen LogP contribution in [0.25, 0.3) is 0 Å². The molecule has 0 amide bonds. The summed E-state index contributed by atoms with van der Waals surface area (Å²) in [5.74, 6) is -0.638. The zero-order valence-electron chi connectivity index (χ0n) is 10.6. The molecule has 0 aromatic heterocycles. The Bertz CT molecular complexity index is 589. The standard InChI is InChI=1S/C12H14N2O5S/c13-6-1-7-14-20(17,18)11-4-2-10(3-5-11)12(16)19-9-8-15/h2-5,14-15H,1,7-9H2. The third-order valence-electron chi connectivity index (χ3n) is 2.25. The number of hydrogen-bond acceptors (Lipinski definition) is 6. The van der Waals surface area contributed by atoms with Crippen LogP contribution in [0.5, 0.6) is 0 Å². The van der Waals surface area contributed by atoms with Gasteiger partial charge in [0.05, 0.1) is 23.1 Å². The number of nitrogens with zero attached hydrogens (tertiary/aromatic N) is 1. The number of aliphatic hydroxyl groups is 1. The van der Waals surface area contributed by atoms with Crippen molar-refractivity contribution in [3.63, 3.8) is 0 Å². The van der Waals surface area contributed by atoms with Crippen LogP contribution < -0.4 is 4.72 Å². The molecule has 0 radical (unpaired) electrons. The van der Waals surface area contributed by atoms with Crippen LogP contribution in [0.1, 0.15) is 16.8 Å². The average Bonchev–Trinajstić information content (AvgIpc) is 2.45. The van der Waals surface area contributed by atoms with Gasteiger partial charge in [-0.2, -0.15) is 5.26 Å². The zero-order valence-corrected chi connectivity index (χ0v) is 11.4. The van der Waals surface area contributed by atoms with Crippen LogP contribution in [0.4, 0.5) is 0 Å². The molecule has 0 aliphatic carbocycles. The van der Waals surface area contributed by atoms with Crippen LogP contribution in [0.15, 0.2) is 29.2 Å². The first-order valence-electron chi connectivity index (χ1n) is 5.76. The summed E-state index contributed by atoms with van der Waals surface area (Å²) in [6.07, 6.45) is 0.0742. The molecule has 8 heteroatoms. The number of aliphatic hydroxyl groups excluding tert-OH is 1. The number of sulfonamides is 1. The minimum absolute atomic E-state index is 0.00542. The summed E-state index contributed by atoms with van der Waals surface area (Å²) in [4.78, 5) is 11.4. The van der Waals surface area contributed by atoms with Crippen molar-refractivity contribution >= 4 is 16.0 Å². The van der Waals surface area contributed by atoms with Crippen LogP contribution >= 0.6 is 0 Å². The highest BCUT2D eigenvalue weighted by atomic mass is 32.2. The van der Waals surface area contributed by atoms with Gasteiger partial charge in [-0.25, -0.2) is 17.9 Å². The lowest BCUT2D eigenvalue weighted by atomic mass is 10.2. The van der Waals surface area contributed by atoms with Crippen LogP contribution in [-0.2, 0) is 14.8 Å². The second-order valence-corrected chi connectivity index (χ2v) is 5.46. The van der Waals surface area contributed by atoms with Crippen molar-refractivity contribution in [3.05, 3.63) is 29.8 Å². The quantitative estimate of drug-likeness (QED) is 0.542. The minimum atomic E-state index is -3.69. The number of carbonyl (C=O) groups is 1. The fraction of sp³-hybridized carbons (Fsp3) is 0.333. The Morgan fingerprint density at radius 1 is 1.35 bits per heavy atom. The Balaban J connectivity index is 2.75. The summed E-state index contributed by atoms with van der Waals surface area (Å²) in [6.45, 7) is -0.366. The smallest absolute Gasteiger partial charge is 0.338 e. The largest absolute Gasteiger partial charge is 0.460 e. The van der Waals surface area contributed by atoms with Gasteiger partial charge in [-0.15, -0.1) is 0 Å². The fourth-order valence-electron chi connectivity index (χ4n) is 1.32. The van der Waals surface area contributed by atoms with Gasteiger partial charge < -0.3 is 9.84 Å². The number of carbonyl (C=O) groups excluding carboxylic acids is 1. The number of nitrogens with one attached hydrogen (secondary N) is 1. The molecule has 1 aromatic carbocycles. The van der Waals surface area contributed by atoms with E-state index in [4.69, 9.17) is 15.1 Å². The fourth-order valence-corrected chi connectivity index (χ4v) is 2.35. The first-order valence-corrected chi connectivity index (χ1v) is 7.24. The van der Waals surface area contributed by atoms with Crippen molar-refractivity contribution in [3.8, 4) is 6.07 Å². The molecule has 1 aromatic rings. The van der Waals surface area contributed by atoms with E-state index in [1.54, 1.807) is 0 Å². The maximum Gasteiger partial charge on any atom is 0.338 e. The zero-order chi connectivity index (χ0) is 15.0. The molecule has 0 unspecified atom stereocenters. The maximum absolute atomic E-state index is 11.8. The van der Waals surface area contributed by atoms with E-state index >= 15 is 0 Å². The van der Waals surface area contributed by atoms with Gasteiger partial charge in [0.2, 0.25) is 10.0 Å². The Morgan fingerprint density at radius 2 is 2.00 bits per heavy atom. The molecule has 0 aliphatic rings. The molecule has 20 heavy (non-hydrogen) atoms. The third-order valence-corrected chi connectivity index (χ3v) is 3.73. The van der Waals surface area contributed by atoms with Crippen molar-refractivity contribution in [2.75, 3.05) is 19.8 Å². The highest BCUT2D eigenvalue weighted by Crippen LogP contribution is 2.11. The summed E-state index contributed by atoms with van der Waals surface area (Å²) in [7, 11) is -3.69. The lowest BCUT2D eigenvalue weighted by Crippen LogP contribution is -2.24. The monoisotopic (exact) mass is 298 g/mol. The van der Waals surface area contributed by atoms with E-state index in [1.807, 2.05) is 6.07 Å². The van der Waals surface area contributed by atoms with E-state index < -0.39 is 16.0 Å². The lowest BCUT2D eigenvalue weighted by molar-refractivity contribution is 0.0433. The van der Waals surface area contributed by atoms with Crippen LogP contribution in [0.2, 0.25) is 0 Å². The molecular weight excluding hydrogens is 284 g/mol. The van der Waals surface area contributed by atoms with Gasteiger partial charge >= 0.3 is 5.97 Å². The Morgan fingerprint density at radius 3 is 2.55 bits per heavy atom. The summed E-state index contributed by atoms with van der Waals surface area (Å²) in [5, 5.41) is 16.9. The van der Waals surface area contributed by atoms with E-state index in [0.29, 0.717) is 0 Å².